The van der Waals surface area contributed by atoms with Gasteiger partial charge in [0, 0.05) is 95.3 Å². The Labute approximate surface area is 247 Å². The monoisotopic (exact) mass is 611 g/mol. The maximum Gasteiger partial charge on any atom is 0.293 e. The minimum absolute atomic E-state index is 0. The predicted octanol–water partition coefficient (Wildman–Crippen LogP) is 2.22. The molecule has 0 unspecified atom stereocenters. The first kappa shape index (κ1) is 43.6. The number of carbonyl (C=O) groups excluding carboxylic acids is 6. The van der Waals surface area contributed by atoms with Crippen LogP contribution in [0.25, 0.3) is 0 Å². The average Bonchev–Trinajstić information content (AvgIpc) is 2.82. The topological polar surface area (TPSA) is 173 Å². The average molecular weight is 612 g/mol. The van der Waals surface area contributed by atoms with Crippen molar-refractivity contribution in [3.63, 3.8) is 0 Å². The molecule has 0 radical (unpaired) electrons. The number of allylic oxidation sites excluding steroid dienone is 3. The predicted molar refractivity (Wildman–Crippen MR) is 148 cm³/mol. The van der Waals surface area contributed by atoms with E-state index in [0.717, 1.165) is 18.2 Å². The van der Waals surface area contributed by atoms with Crippen LogP contribution in [0.3, 0.4) is 0 Å². The van der Waals surface area contributed by atoms with Crippen LogP contribution in [0.2, 0.25) is 0 Å². The van der Waals surface area contributed by atoms with Crippen molar-refractivity contribution >= 4 is 35.1 Å². The van der Waals surface area contributed by atoms with E-state index in [4.69, 9.17) is 0 Å². The first-order valence-electron chi connectivity index (χ1n) is 12.1. The van der Waals surface area contributed by atoms with Crippen molar-refractivity contribution < 1.29 is 61.2 Å². The summed E-state index contributed by atoms with van der Waals surface area (Å²) in [6.07, 6.45) is 2.90. The Balaban J connectivity index is -0.000000240. The van der Waals surface area contributed by atoms with Gasteiger partial charge in [-0.05, 0) is 0 Å². The summed E-state index contributed by atoms with van der Waals surface area (Å²) >= 11 is 0. The zero-order valence-electron chi connectivity index (χ0n) is 25.5. The summed E-state index contributed by atoms with van der Waals surface area (Å²) in [6.45, 7) is 10.4. The summed E-state index contributed by atoms with van der Waals surface area (Å²) in [4.78, 5) is 69.8. The van der Waals surface area contributed by atoms with Crippen LogP contribution in [0.15, 0.2) is 35.5 Å². The number of aliphatic hydroxyl groups is 3. The second-order valence-corrected chi connectivity index (χ2v) is 9.86. The van der Waals surface area contributed by atoms with Gasteiger partial charge in [0.2, 0.25) is 17.3 Å². The summed E-state index contributed by atoms with van der Waals surface area (Å²) in [7, 11) is 8.92. The molecule has 0 aliphatic carbocycles. The minimum Gasteiger partial charge on any atom is -0.512 e. The van der Waals surface area contributed by atoms with Crippen molar-refractivity contribution in [3.8, 4) is 0 Å². The number of hydrogen-bond acceptors (Lipinski definition) is 9. The second-order valence-electron chi connectivity index (χ2n) is 9.86. The molecule has 0 spiro atoms. The Bertz CT molecular complexity index is 854. The molecule has 0 rings (SSSR count). The summed E-state index contributed by atoms with van der Waals surface area (Å²) in [6, 6.07) is 0. The molecule has 230 valence electrons. The largest absolute Gasteiger partial charge is 0.512 e. The minimum atomic E-state index is -0.698. The fraction of sp³-hybridized carbons (Fsp3) is 0.556. The van der Waals surface area contributed by atoms with Crippen molar-refractivity contribution in [3.05, 3.63) is 35.5 Å². The molecular formula is C27H45FeN3O9. The number of nitrogens with zero attached hydrogens (tertiary/aromatic N) is 3. The molecule has 0 aliphatic rings. The third-order valence-corrected chi connectivity index (χ3v) is 4.46. The number of ketones is 3. The van der Waals surface area contributed by atoms with Crippen LogP contribution in [0.1, 0.15) is 41.5 Å². The van der Waals surface area contributed by atoms with Gasteiger partial charge in [-0.2, -0.15) is 0 Å². The molecule has 13 heteroatoms. The fourth-order valence-electron chi connectivity index (χ4n) is 1.75. The molecule has 0 atom stereocenters. The Kier molecular flexibility index (Phi) is 23.3. The molecule has 40 heavy (non-hydrogen) atoms. The van der Waals surface area contributed by atoms with Gasteiger partial charge in [0.15, 0.2) is 0 Å². The van der Waals surface area contributed by atoms with Gasteiger partial charge < -0.3 is 30.0 Å². The van der Waals surface area contributed by atoms with Crippen LogP contribution in [-0.4, -0.2) is 107 Å². The second kappa shape index (κ2) is 21.4. The van der Waals surface area contributed by atoms with Crippen molar-refractivity contribution in [2.45, 2.75) is 41.5 Å². The first-order chi connectivity index (χ1) is 17.6. The zero-order valence-corrected chi connectivity index (χ0v) is 26.6. The van der Waals surface area contributed by atoms with Crippen molar-refractivity contribution in [2.24, 2.45) is 17.8 Å². The van der Waals surface area contributed by atoms with E-state index in [1.54, 1.807) is 41.5 Å². The Morgan fingerprint density at radius 2 is 0.600 bits per heavy atom. The van der Waals surface area contributed by atoms with Crippen LogP contribution in [-0.2, 0) is 45.8 Å². The Hall–Kier alpha value is -3.44. The molecule has 0 aromatic carbocycles. The van der Waals surface area contributed by atoms with Gasteiger partial charge in [-0.15, -0.1) is 0 Å². The Morgan fingerprint density at radius 3 is 0.700 bits per heavy atom. The third-order valence-electron chi connectivity index (χ3n) is 4.46. The van der Waals surface area contributed by atoms with Gasteiger partial charge in [-0.1, -0.05) is 41.5 Å². The number of hydrogen-bond donors (Lipinski definition) is 3. The van der Waals surface area contributed by atoms with Gasteiger partial charge in [0.05, 0.1) is 17.3 Å². The van der Waals surface area contributed by atoms with Crippen molar-refractivity contribution in [1.29, 1.82) is 0 Å². The van der Waals surface area contributed by atoms with E-state index in [1.807, 2.05) is 0 Å². The van der Waals surface area contributed by atoms with E-state index in [0.29, 0.717) is 0 Å². The van der Waals surface area contributed by atoms with Crippen LogP contribution >= 0.6 is 0 Å². The van der Waals surface area contributed by atoms with Gasteiger partial charge >= 0.3 is 0 Å². The van der Waals surface area contributed by atoms with E-state index in [-0.39, 0.29) is 52.1 Å². The number of likely N-dealkylation sites (N-methyl/N-ethyl adjacent to an activating group) is 3. The van der Waals surface area contributed by atoms with E-state index >= 15 is 0 Å². The molecule has 0 heterocycles. The number of rotatable bonds is 9. The molecule has 0 saturated carbocycles. The molecule has 12 nitrogen and oxygen atoms in total. The van der Waals surface area contributed by atoms with E-state index < -0.39 is 35.1 Å². The molecule has 0 aromatic heterocycles. The number of aliphatic hydroxyl groups excluding tert-OH is 3. The van der Waals surface area contributed by atoms with Crippen LogP contribution in [0.5, 0.6) is 0 Å². The van der Waals surface area contributed by atoms with Gasteiger partial charge in [-0.3, -0.25) is 28.8 Å². The zero-order chi connectivity index (χ0) is 31.8. The van der Waals surface area contributed by atoms with Gasteiger partial charge in [0.25, 0.3) is 17.7 Å². The number of amides is 3. The molecule has 0 saturated heterocycles. The molecule has 3 amide bonds. The van der Waals surface area contributed by atoms with Crippen LogP contribution in [0, 0.1) is 17.8 Å². The van der Waals surface area contributed by atoms with Crippen molar-refractivity contribution in [2.75, 3.05) is 42.3 Å². The molecule has 3 N–H and O–H groups in total. The summed E-state index contributed by atoms with van der Waals surface area (Å²) in [5.41, 5.74) is 0. The fourth-order valence-corrected chi connectivity index (χ4v) is 1.75. The molecule has 0 bridgehead atoms. The maximum absolute atomic E-state index is 11.1. The quantitative estimate of drug-likeness (QED) is 0.153. The SMILES string of the molecule is CC(C)C(O)=CC(=O)C(=O)N(C)C.CC(C)C(O)=CC(=O)C(=O)N(C)C.CC(C)C(O)=CC(=O)C(=O)N(C)C.[Fe]. The van der Waals surface area contributed by atoms with Gasteiger partial charge in [0.1, 0.15) is 0 Å². The Morgan fingerprint density at radius 1 is 0.450 bits per heavy atom. The van der Waals surface area contributed by atoms with E-state index in [2.05, 4.69) is 0 Å². The maximum atomic E-state index is 11.1. The molecule has 0 aliphatic heterocycles. The summed E-state index contributed by atoms with van der Waals surface area (Å²) in [5, 5.41) is 27.6. The molecular weight excluding hydrogens is 566 g/mol. The smallest absolute Gasteiger partial charge is 0.293 e. The summed E-state index contributed by atoms with van der Waals surface area (Å²) in [5.74, 6) is -4.62. The van der Waals surface area contributed by atoms with Crippen molar-refractivity contribution in [1.82, 2.24) is 14.7 Å². The van der Waals surface area contributed by atoms with E-state index in [1.165, 1.54) is 57.0 Å². The third kappa shape index (κ3) is 19.6. The first-order valence-corrected chi connectivity index (χ1v) is 12.1. The normalized spacial score (nSPS) is 11.3. The van der Waals surface area contributed by atoms with Gasteiger partial charge in [-0.25, -0.2) is 0 Å². The van der Waals surface area contributed by atoms with Crippen LogP contribution < -0.4 is 0 Å². The number of carbonyl (C=O) groups is 6. The van der Waals surface area contributed by atoms with E-state index in [9.17, 15) is 44.1 Å². The standard InChI is InChI=1S/3C9H15NO3.Fe/c3*1-6(2)7(11)5-8(12)9(13)10(3)4;/h3*5-6,11H,1-4H3;. The van der Waals surface area contributed by atoms with Crippen LogP contribution in [0.4, 0.5) is 0 Å². The summed E-state index contributed by atoms with van der Waals surface area (Å²) < 4.78 is 0. The molecule has 0 fully saturated rings. The molecule has 0 aromatic rings.